The van der Waals surface area contributed by atoms with Crippen LogP contribution < -0.4 is 4.74 Å². The highest BCUT2D eigenvalue weighted by Crippen LogP contribution is 2.27. The van der Waals surface area contributed by atoms with E-state index >= 15 is 0 Å². The van der Waals surface area contributed by atoms with Crippen molar-refractivity contribution in [1.82, 2.24) is 0 Å². The lowest BCUT2D eigenvalue weighted by Crippen LogP contribution is -1.90. The zero-order chi connectivity index (χ0) is 11.4. The van der Waals surface area contributed by atoms with Crippen molar-refractivity contribution in [1.29, 1.82) is 0 Å². The Hall–Kier alpha value is -1.29. The second kappa shape index (κ2) is 4.98. The minimum Gasteiger partial charge on any atom is -0.497 e. The van der Waals surface area contributed by atoms with Crippen LogP contribution in [0.1, 0.15) is 11.1 Å². The van der Waals surface area contributed by atoms with Gasteiger partial charge in [-0.2, -0.15) is 0 Å². The Morgan fingerprint density at radius 2 is 2.20 bits per heavy atom. The Labute approximate surface area is 96.5 Å². The summed E-state index contributed by atoms with van der Waals surface area (Å²) in [6.45, 7) is 1.90. The first kappa shape index (κ1) is 11.8. The molecule has 1 aromatic rings. The number of carboxylic acids is 1. The van der Waals surface area contributed by atoms with E-state index in [4.69, 9.17) is 9.84 Å². The molecule has 0 radical (unpaired) electrons. The molecule has 0 spiro atoms. The van der Waals surface area contributed by atoms with E-state index in [1.807, 2.05) is 13.0 Å². The zero-order valence-electron chi connectivity index (χ0n) is 8.45. The molecular formula is C11H11BrO3. The molecule has 4 heteroatoms. The minimum absolute atomic E-state index is 0.742. The maximum Gasteiger partial charge on any atom is 0.328 e. The Kier molecular flexibility index (Phi) is 3.91. The van der Waals surface area contributed by atoms with Gasteiger partial charge in [-0.3, -0.25) is 0 Å². The molecule has 1 aromatic carbocycles. The van der Waals surface area contributed by atoms with Crippen LogP contribution in [0.3, 0.4) is 0 Å². The highest BCUT2D eigenvalue weighted by Gasteiger charge is 2.04. The fourth-order valence-electron chi connectivity index (χ4n) is 1.21. The predicted molar refractivity (Wildman–Crippen MR) is 62.1 cm³/mol. The maximum absolute atomic E-state index is 10.4. The van der Waals surface area contributed by atoms with Gasteiger partial charge in [-0.05, 0) is 36.3 Å². The summed E-state index contributed by atoms with van der Waals surface area (Å²) in [5.74, 6) is -0.219. The number of hydrogen-bond donors (Lipinski definition) is 1. The topological polar surface area (TPSA) is 46.5 Å². The van der Waals surface area contributed by atoms with E-state index in [1.54, 1.807) is 19.3 Å². The summed E-state index contributed by atoms with van der Waals surface area (Å²) >= 11 is 3.36. The van der Waals surface area contributed by atoms with Crippen LogP contribution >= 0.6 is 15.9 Å². The van der Waals surface area contributed by atoms with Crippen LogP contribution in [0.25, 0.3) is 6.08 Å². The van der Waals surface area contributed by atoms with Crippen molar-refractivity contribution in [3.63, 3.8) is 0 Å². The van der Waals surface area contributed by atoms with Crippen molar-refractivity contribution >= 4 is 28.0 Å². The molecule has 0 amide bonds. The molecule has 0 saturated heterocycles. The van der Waals surface area contributed by atoms with Crippen LogP contribution in [0.15, 0.2) is 22.7 Å². The molecule has 0 fully saturated rings. The van der Waals surface area contributed by atoms with Crippen molar-refractivity contribution in [2.45, 2.75) is 6.92 Å². The van der Waals surface area contributed by atoms with Gasteiger partial charge in [0, 0.05) is 10.5 Å². The van der Waals surface area contributed by atoms with E-state index in [-0.39, 0.29) is 0 Å². The number of aryl methyl sites for hydroxylation is 1. The van der Waals surface area contributed by atoms with Gasteiger partial charge in [-0.15, -0.1) is 0 Å². The number of rotatable bonds is 3. The van der Waals surface area contributed by atoms with Gasteiger partial charge in [-0.1, -0.05) is 15.9 Å². The molecule has 0 unspecified atom stereocenters. The van der Waals surface area contributed by atoms with E-state index in [2.05, 4.69) is 15.9 Å². The highest BCUT2D eigenvalue weighted by atomic mass is 79.9. The maximum atomic E-state index is 10.4. The summed E-state index contributed by atoms with van der Waals surface area (Å²) in [6.07, 6.45) is 2.67. The Morgan fingerprint density at radius 3 is 2.67 bits per heavy atom. The average Bonchev–Trinajstić information content (AvgIpc) is 2.15. The van der Waals surface area contributed by atoms with Crippen molar-refractivity contribution in [3.05, 3.63) is 33.8 Å². The molecule has 0 aliphatic carbocycles. The standard InChI is InChI=1S/C11H11BrO3/c1-7-5-8(15-2)6-10(12)9(7)3-4-11(13)14/h3-6H,1-2H3,(H,13,14)/b4-3+. The van der Waals surface area contributed by atoms with Crippen molar-refractivity contribution in [3.8, 4) is 5.75 Å². The largest absolute Gasteiger partial charge is 0.497 e. The molecular weight excluding hydrogens is 260 g/mol. The molecule has 0 aromatic heterocycles. The number of methoxy groups -OCH3 is 1. The molecule has 0 saturated carbocycles. The molecule has 0 aliphatic rings. The van der Waals surface area contributed by atoms with E-state index < -0.39 is 5.97 Å². The van der Waals surface area contributed by atoms with Crippen LogP contribution in [0.5, 0.6) is 5.75 Å². The van der Waals surface area contributed by atoms with Crippen LogP contribution in [0, 0.1) is 6.92 Å². The van der Waals surface area contributed by atoms with E-state index in [0.717, 1.165) is 27.4 Å². The van der Waals surface area contributed by atoms with Gasteiger partial charge in [0.05, 0.1) is 7.11 Å². The number of hydrogen-bond acceptors (Lipinski definition) is 2. The fraction of sp³-hybridized carbons (Fsp3) is 0.182. The van der Waals surface area contributed by atoms with Crippen molar-refractivity contribution in [2.75, 3.05) is 7.11 Å². The number of halogens is 1. The second-order valence-electron chi connectivity index (χ2n) is 3.01. The second-order valence-corrected chi connectivity index (χ2v) is 3.87. The Bertz CT molecular complexity index is 387. The number of ether oxygens (including phenoxy) is 1. The SMILES string of the molecule is COc1cc(C)c(/C=C/C(=O)O)c(Br)c1. The van der Waals surface area contributed by atoms with Gasteiger partial charge in [0.15, 0.2) is 0 Å². The Morgan fingerprint density at radius 1 is 1.53 bits per heavy atom. The normalized spacial score (nSPS) is 10.6. The smallest absolute Gasteiger partial charge is 0.328 e. The monoisotopic (exact) mass is 270 g/mol. The van der Waals surface area contributed by atoms with Crippen molar-refractivity contribution in [2.24, 2.45) is 0 Å². The molecule has 0 heterocycles. The van der Waals surface area contributed by atoms with Gasteiger partial charge in [0.25, 0.3) is 0 Å². The van der Waals surface area contributed by atoms with E-state index in [9.17, 15) is 4.79 Å². The number of carbonyl (C=O) groups is 1. The molecule has 0 bridgehead atoms. The van der Waals surface area contributed by atoms with Gasteiger partial charge in [0.2, 0.25) is 0 Å². The molecule has 80 valence electrons. The van der Waals surface area contributed by atoms with Gasteiger partial charge in [0.1, 0.15) is 5.75 Å². The van der Waals surface area contributed by atoms with E-state index in [1.165, 1.54) is 0 Å². The summed E-state index contributed by atoms with van der Waals surface area (Å²) in [5.41, 5.74) is 1.80. The summed E-state index contributed by atoms with van der Waals surface area (Å²) in [6, 6.07) is 3.65. The Balaban J connectivity index is 3.14. The summed E-state index contributed by atoms with van der Waals surface area (Å²) in [5, 5.41) is 8.53. The third-order valence-electron chi connectivity index (χ3n) is 1.94. The first-order valence-corrected chi connectivity index (χ1v) is 5.09. The number of aliphatic carboxylic acids is 1. The number of benzene rings is 1. The van der Waals surface area contributed by atoms with Crippen molar-refractivity contribution < 1.29 is 14.6 Å². The molecule has 1 rings (SSSR count). The summed E-state index contributed by atoms with van der Waals surface area (Å²) < 4.78 is 5.90. The molecule has 1 N–H and O–H groups in total. The minimum atomic E-state index is -0.961. The van der Waals surface area contributed by atoms with Gasteiger partial charge < -0.3 is 9.84 Å². The quantitative estimate of drug-likeness (QED) is 0.860. The van der Waals surface area contributed by atoms with Gasteiger partial charge in [-0.25, -0.2) is 4.79 Å². The zero-order valence-corrected chi connectivity index (χ0v) is 10.0. The van der Waals surface area contributed by atoms with Crippen LogP contribution in [0.4, 0.5) is 0 Å². The molecule has 0 atom stereocenters. The molecule has 0 aliphatic heterocycles. The van der Waals surface area contributed by atoms with Crippen LogP contribution in [-0.4, -0.2) is 18.2 Å². The average molecular weight is 271 g/mol. The lowest BCUT2D eigenvalue weighted by Gasteiger charge is -2.07. The third kappa shape index (κ3) is 3.09. The predicted octanol–water partition coefficient (Wildman–Crippen LogP) is 2.86. The lowest BCUT2D eigenvalue weighted by atomic mass is 10.1. The number of carboxylic acid groups (broad SMARTS) is 1. The van der Waals surface area contributed by atoms with Crippen LogP contribution in [-0.2, 0) is 4.79 Å². The molecule has 3 nitrogen and oxygen atoms in total. The third-order valence-corrected chi connectivity index (χ3v) is 2.59. The molecule has 15 heavy (non-hydrogen) atoms. The summed E-state index contributed by atoms with van der Waals surface area (Å²) in [7, 11) is 1.59. The highest BCUT2D eigenvalue weighted by molar-refractivity contribution is 9.10. The van der Waals surface area contributed by atoms with E-state index in [0.29, 0.717) is 0 Å². The van der Waals surface area contributed by atoms with Crippen LogP contribution in [0.2, 0.25) is 0 Å². The summed E-state index contributed by atoms with van der Waals surface area (Å²) in [4.78, 5) is 10.4. The first-order valence-electron chi connectivity index (χ1n) is 4.29. The lowest BCUT2D eigenvalue weighted by molar-refractivity contribution is -0.131. The fourth-order valence-corrected chi connectivity index (χ4v) is 1.88. The van der Waals surface area contributed by atoms with Gasteiger partial charge >= 0.3 is 5.97 Å². The first-order chi connectivity index (χ1) is 7.04.